The summed E-state index contributed by atoms with van der Waals surface area (Å²) in [7, 11) is 0. The lowest BCUT2D eigenvalue weighted by Crippen LogP contribution is -2.07. The van der Waals surface area contributed by atoms with Crippen LogP contribution in [0.4, 0.5) is 0 Å². The second kappa shape index (κ2) is 8.97. The van der Waals surface area contributed by atoms with Crippen molar-refractivity contribution in [2.75, 3.05) is 12.4 Å². The molecule has 0 aliphatic heterocycles. The van der Waals surface area contributed by atoms with E-state index in [0.717, 1.165) is 31.2 Å². The number of aryl methyl sites for hydroxylation is 1. The summed E-state index contributed by atoms with van der Waals surface area (Å²) in [6.45, 7) is 6.84. The Labute approximate surface area is 119 Å². The summed E-state index contributed by atoms with van der Waals surface area (Å²) in [5, 5.41) is 0. The Morgan fingerprint density at radius 3 is 2.53 bits per heavy atom. The van der Waals surface area contributed by atoms with Crippen LogP contribution in [0, 0.1) is 6.92 Å². The lowest BCUT2D eigenvalue weighted by molar-refractivity contribution is 0.301. The monoisotopic (exact) mass is 284 g/mol. The molecule has 19 heavy (non-hydrogen) atoms. The van der Waals surface area contributed by atoms with Gasteiger partial charge in [-0.15, -0.1) is 0 Å². The maximum absolute atomic E-state index is 11.8. The van der Waals surface area contributed by atoms with Crippen LogP contribution in [-0.2, 0) is 11.1 Å². The molecule has 0 aliphatic carbocycles. The highest BCUT2D eigenvalue weighted by molar-refractivity contribution is 7.80. The fourth-order valence-corrected chi connectivity index (χ4v) is 2.47. The van der Waals surface area contributed by atoms with Gasteiger partial charge in [0.15, 0.2) is 11.5 Å². The summed E-state index contributed by atoms with van der Waals surface area (Å²) in [6.07, 6.45) is 4.02. The highest BCUT2D eigenvalue weighted by Crippen LogP contribution is 2.29. The molecule has 0 heterocycles. The molecule has 0 saturated heterocycles. The molecule has 0 radical (unpaired) electrons. The molecule has 0 saturated carbocycles. The second-order valence-corrected chi connectivity index (χ2v) is 5.78. The normalized spacial score (nSPS) is 12.2. The van der Waals surface area contributed by atoms with Crippen LogP contribution in [0.5, 0.6) is 11.5 Å². The van der Waals surface area contributed by atoms with Crippen LogP contribution in [0.1, 0.15) is 45.1 Å². The average molecular weight is 284 g/mol. The van der Waals surface area contributed by atoms with Gasteiger partial charge in [-0.1, -0.05) is 32.8 Å². The Morgan fingerprint density at radius 1 is 1.11 bits per heavy atom. The first-order valence-corrected chi connectivity index (χ1v) is 8.22. The first kappa shape index (κ1) is 16.0. The topological polar surface area (TPSA) is 35.5 Å². The Bertz CT molecular complexity index is 404. The summed E-state index contributed by atoms with van der Waals surface area (Å²) in [6, 6.07) is 5.74. The molecule has 0 amide bonds. The van der Waals surface area contributed by atoms with Crippen LogP contribution in [-0.4, -0.2) is 16.6 Å². The van der Waals surface area contributed by atoms with E-state index >= 15 is 0 Å². The van der Waals surface area contributed by atoms with Gasteiger partial charge < -0.3 is 8.92 Å². The van der Waals surface area contributed by atoms with Crippen molar-refractivity contribution >= 4 is 11.1 Å². The molecule has 1 aromatic rings. The molecule has 1 aromatic carbocycles. The van der Waals surface area contributed by atoms with Gasteiger partial charge >= 0.3 is 0 Å². The Hall–Kier alpha value is -1.03. The van der Waals surface area contributed by atoms with E-state index in [1.54, 1.807) is 0 Å². The fourth-order valence-electron chi connectivity index (χ4n) is 1.53. The quantitative estimate of drug-likeness (QED) is 0.643. The van der Waals surface area contributed by atoms with E-state index in [1.165, 1.54) is 0 Å². The third-order valence-corrected chi connectivity index (χ3v) is 3.69. The molecule has 4 heteroatoms. The Balaban J connectivity index is 2.67. The highest BCUT2D eigenvalue weighted by atomic mass is 32.2. The first-order chi connectivity index (χ1) is 9.17. The zero-order valence-corrected chi connectivity index (χ0v) is 12.9. The zero-order chi connectivity index (χ0) is 14.1. The minimum atomic E-state index is -1.28. The molecule has 0 bridgehead atoms. The summed E-state index contributed by atoms with van der Waals surface area (Å²) in [5.74, 6) is 1.84. The summed E-state index contributed by atoms with van der Waals surface area (Å²) in [5.41, 5.74) is 1.07. The third kappa shape index (κ3) is 6.10. The van der Waals surface area contributed by atoms with Gasteiger partial charge in [0.05, 0.1) is 12.4 Å². The van der Waals surface area contributed by atoms with Crippen molar-refractivity contribution in [3.63, 3.8) is 0 Å². The smallest absolute Gasteiger partial charge is 0.206 e. The van der Waals surface area contributed by atoms with E-state index in [4.69, 9.17) is 8.92 Å². The third-order valence-electron chi connectivity index (χ3n) is 2.70. The number of benzene rings is 1. The predicted octanol–water partition coefficient (Wildman–Crippen LogP) is 4.02. The molecule has 0 N–H and O–H groups in total. The van der Waals surface area contributed by atoms with Crippen molar-refractivity contribution in [1.82, 2.24) is 0 Å². The number of hydrogen-bond acceptors (Lipinski definition) is 3. The summed E-state index contributed by atoms with van der Waals surface area (Å²) in [4.78, 5) is 0. The number of unbranched alkanes of at least 4 members (excludes halogenated alkanes) is 2. The van der Waals surface area contributed by atoms with Crippen molar-refractivity contribution in [2.24, 2.45) is 0 Å². The van der Waals surface area contributed by atoms with Crippen LogP contribution in [0.3, 0.4) is 0 Å². The summed E-state index contributed by atoms with van der Waals surface area (Å²) < 4.78 is 23.0. The molecule has 1 unspecified atom stereocenters. The van der Waals surface area contributed by atoms with Crippen LogP contribution in [0.25, 0.3) is 0 Å². The molecule has 1 atom stereocenters. The van der Waals surface area contributed by atoms with Crippen molar-refractivity contribution in [3.8, 4) is 11.5 Å². The van der Waals surface area contributed by atoms with E-state index in [-0.39, 0.29) is 0 Å². The van der Waals surface area contributed by atoms with Gasteiger partial charge in [-0.25, -0.2) is 4.21 Å². The lowest BCUT2D eigenvalue weighted by atomic mass is 10.2. The van der Waals surface area contributed by atoms with Crippen molar-refractivity contribution < 1.29 is 13.1 Å². The van der Waals surface area contributed by atoms with Crippen molar-refractivity contribution in [2.45, 2.75) is 46.5 Å². The molecule has 0 aliphatic rings. The molecule has 0 spiro atoms. The second-order valence-electron chi connectivity index (χ2n) is 4.60. The minimum Gasteiger partial charge on any atom is -0.490 e. The van der Waals surface area contributed by atoms with E-state index in [9.17, 15) is 4.21 Å². The van der Waals surface area contributed by atoms with Gasteiger partial charge in [-0.3, -0.25) is 0 Å². The SMILES string of the molecule is CCCCOc1ccc(C)cc1OS(=O)CCCC. The highest BCUT2D eigenvalue weighted by Gasteiger charge is 2.09. The standard InChI is InChI=1S/C15H24O3S/c1-4-6-10-17-14-9-8-13(3)12-15(14)18-19(16)11-7-5-2/h8-9,12H,4-7,10-11H2,1-3H3. The number of rotatable bonds is 9. The lowest BCUT2D eigenvalue weighted by Gasteiger charge is -2.12. The van der Waals surface area contributed by atoms with Crippen LogP contribution in [0.2, 0.25) is 0 Å². The van der Waals surface area contributed by atoms with Gasteiger partial charge in [0.1, 0.15) is 0 Å². The predicted molar refractivity (Wildman–Crippen MR) is 80.1 cm³/mol. The average Bonchev–Trinajstić information content (AvgIpc) is 2.39. The van der Waals surface area contributed by atoms with Crippen molar-refractivity contribution in [3.05, 3.63) is 23.8 Å². The van der Waals surface area contributed by atoms with Crippen LogP contribution >= 0.6 is 0 Å². The molecule has 0 aromatic heterocycles. The van der Waals surface area contributed by atoms with Crippen molar-refractivity contribution in [1.29, 1.82) is 0 Å². The summed E-state index contributed by atoms with van der Waals surface area (Å²) >= 11 is -1.28. The maximum atomic E-state index is 11.8. The van der Waals surface area contributed by atoms with E-state index in [1.807, 2.05) is 25.1 Å². The molecular formula is C15H24O3S. The first-order valence-electron chi connectivity index (χ1n) is 6.97. The van der Waals surface area contributed by atoms with Gasteiger partial charge in [-0.05, 0) is 37.5 Å². The molecule has 108 valence electrons. The molecule has 1 rings (SSSR count). The molecule has 3 nitrogen and oxygen atoms in total. The minimum absolute atomic E-state index is 0.568. The van der Waals surface area contributed by atoms with E-state index in [2.05, 4.69) is 13.8 Å². The largest absolute Gasteiger partial charge is 0.490 e. The number of ether oxygens (including phenoxy) is 1. The molecular weight excluding hydrogens is 260 g/mol. The van der Waals surface area contributed by atoms with Crippen LogP contribution in [0.15, 0.2) is 18.2 Å². The van der Waals surface area contributed by atoms with Gasteiger partial charge in [0.25, 0.3) is 0 Å². The fraction of sp³-hybridized carbons (Fsp3) is 0.600. The van der Waals surface area contributed by atoms with E-state index in [0.29, 0.717) is 23.9 Å². The van der Waals surface area contributed by atoms with Crippen LogP contribution < -0.4 is 8.92 Å². The molecule has 0 fully saturated rings. The maximum Gasteiger partial charge on any atom is 0.206 e. The zero-order valence-electron chi connectivity index (χ0n) is 12.1. The number of hydrogen-bond donors (Lipinski definition) is 0. The Kier molecular flexibility index (Phi) is 7.56. The van der Waals surface area contributed by atoms with Gasteiger partial charge in [0.2, 0.25) is 11.1 Å². The van der Waals surface area contributed by atoms with Gasteiger partial charge in [-0.2, -0.15) is 0 Å². The Morgan fingerprint density at radius 2 is 1.84 bits per heavy atom. The van der Waals surface area contributed by atoms with E-state index < -0.39 is 11.1 Å². The van der Waals surface area contributed by atoms with Gasteiger partial charge in [0, 0.05) is 0 Å².